The summed E-state index contributed by atoms with van der Waals surface area (Å²) in [5.74, 6) is 0.247. The first kappa shape index (κ1) is 24.1. The number of piperidine rings is 1. The van der Waals surface area contributed by atoms with Crippen LogP contribution in [0.15, 0.2) is 30.7 Å². The van der Waals surface area contributed by atoms with Gasteiger partial charge in [-0.3, -0.25) is 14.3 Å². The highest BCUT2D eigenvalue weighted by atomic mass is 16.5. The van der Waals surface area contributed by atoms with E-state index >= 15 is 0 Å². The molecule has 4 N–H and O–H groups in total. The van der Waals surface area contributed by atoms with Gasteiger partial charge in [-0.15, -0.1) is 0 Å². The van der Waals surface area contributed by atoms with Crippen LogP contribution in [-0.4, -0.2) is 58.4 Å². The normalized spacial score (nSPS) is 18.5. The van der Waals surface area contributed by atoms with Gasteiger partial charge in [0.25, 0.3) is 5.91 Å². The van der Waals surface area contributed by atoms with Gasteiger partial charge in [0.2, 0.25) is 11.8 Å². The molecule has 4 heterocycles. The van der Waals surface area contributed by atoms with Crippen molar-refractivity contribution in [1.29, 1.82) is 0 Å². The predicted molar refractivity (Wildman–Crippen MR) is 135 cm³/mol. The minimum Gasteiger partial charge on any atom is -0.490 e. The molecule has 1 atom stereocenters. The molecular formula is C26H32N6O4. The highest BCUT2D eigenvalue weighted by Crippen LogP contribution is 2.38. The van der Waals surface area contributed by atoms with E-state index in [2.05, 4.69) is 20.7 Å². The van der Waals surface area contributed by atoms with Gasteiger partial charge in [0, 0.05) is 35.3 Å². The van der Waals surface area contributed by atoms with Crippen LogP contribution in [0.5, 0.6) is 11.6 Å². The van der Waals surface area contributed by atoms with E-state index in [9.17, 15) is 9.59 Å². The van der Waals surface area contributed by atoms with Gasteiger partial charge in [0.15, 0.2) is 0 Å². The first-order valence-corrected chi connectivity index (χ1v) is 12.5. The number of primary amides is 1. The molecule has 2 saturated heterocycles. The van der Waals surface area contributed by atoms with Crippen LogP contribution in [0.4, 0.5) is 0 Å². The lowest BCUT2D eigenvalue weighted by atomic mass is 9.99. The largest absolute Gasteiger partial charge is 0.490 e. The summed E-state index contributed by atoms with van der Waals surface area (Å²) in [6.07, 6.45) is 8.70. The van der Waals surface area contributed by atoms with E-state index in [-0.39, 0.29) is 18.1 Å². The van der Waals surface area contributed by atoms with Gasteiger partial charge in [-0.1, -0.05) is 0 Å². The highest BCUT2D eigenvalue weighted by Gasteiger charge is 2.24. The predicted octanol–water partition coefficient (Wildman–Crippen LogP) is 2.57. The molecule has 3 aromatic rings. The number of carbonyl (C=O) groups is 2. The zero-order chi connectivity index (χ0) is 25.2. The molecule has 190 valence electrons. The number of aromatic nitrogens is 3. The van der Waals surface area contributed by atoms with Gasteiger partial charge in [-0.05, 0) is 63.7 Å². The van der Waals surface area contributed by atoms with Crippen molar-refractivity contribution in [2.24, 2.45) is 5.73 Å². The number of nitrogens with zero attached hydrogens (tertiary/aromatic N) is 3. The third kappa shape index (κ3) is 4.99. The van der Waals surface area contributed by atoms with Crippen LogP contribution in [-0.2, 0) is 4.79 Å². The quantitative estimate of drug-likeness (QED) is 0.440. The van der Waals surface area contributed by atoms with Crippen LogP contribution in [0.2, 0.25) is 0 Å². The second-order valence-corrected chi connectivity index (χ2v) is 9.71. The van der Waals surface area contributed by atoms with Crippen LogP contribution < -0.4 is 25.8 Å². The molecule has 5 rings (SSSR count). The minimum absolute atomic E-state index is 0.0289. The first-order chi connectivity index (χ1) is 17.4. The van der Waals surface area contributed by atoms with Crippen molar-refractivity contribution in [3.63, 3.8) is 0 Å². The summed E-state index contributed by atoms with van der Waals surface area (Å²) in [5.41, 5.74) is 7.75. The van der Waals surface area contributed by atoms with Crippen molar-refractivity contribution in [3.05, 3.63) is 36.3 Å². The van der Waals surface area contributed by atoms with E-state index in [0.717, 1.165) is 48.9 Å². The van der Waals surface area contributed by atoms with E-state index in [1.165, 1.54) is 0 Å². The molecule has 0 aliphatic carbocycles. The summed E-state index contributed by atoms with van der Waals surface area (Å²) < 4.78 is 14.0. The second-order valence-electron chi connectivity index (χ2n) is 9.71. The Bertz CT molecular complexity index is 1280. The van der Waals surface area contributed by atoms with Crippen LogP contribution in [0.1, 0.15) is 55.9 Å². The van der Waals surface area contributed by atoms with E-state index in [0.29, 0.717) is 41.6 Å². The molecule has 0 spiro atoms. The Morgan fingerprint density at radius 2 is 2.00 bits per heavy atom. The number of ether oxygens (including phenoxy) is 2. The Hall–Kier alpha value is -3.66. The SMILES string of the molecule is CC(C)Oc1cc2c(OCC3CCC(=O)N3)ncc(-c3cnn(C4CCNCC4)c3)c2cc1C(N)=O. The van der Waals surface area contributed by atoms with Crippen molar-refractivity contribution in [1.82, 2.24) is 25.4 Å². The molecule has 36 heavy (non-hydrogen) atoms. The number of fused-ring (bicyclic) bond motifs is 1. The Labute approximate surface area is 209 Å². The standard InChI is InChI=1S/C26H32N6O4/c1-15(2)36-23-10-20-19(9-21(23)25(27)34)22(12-29-26(20)35-14-17-3-4-24(33)31-17)16-11-30-32(13-16)18-5-7-28-8-6-18/h9-13,15,17-18,28H,3-8,14H2,1-2H3,(H2,27,34)(H,31,33). The van der Waals surface area contributed by atoms with E-state index in [4.69, 9.17) is 15.2 Å². The van der Waals surface area contributed by atoms with Crippen molar-refractivity contribution in [2.75, 3.05) is 19.7 Å². The molecule has 2 amide bonds. The zero-order valence-corrected chi connectivity index (χ0v) is 20.6. The van der Waals surface area contributed by atoms with Gasteiger partial charge in [0.05, 0.1) is 29.9 Å². The Morgan fingerprint density at radius 1 is 1.19 bits per heavy atom. The van der Waals surface area contributed by atoms with Crippen molar-refractivity contribution in [2.45, 2.75) is 57.7 Å². The monoisotopic (exact) mass is 492 g/mol. The molecule has 0 radical (unpaired) electrons. The molecule has 0 bridgehead atoms. The number of hydrogen-bond acceptors (Lipinski definition) is 7. The number of pyridine rings is 1. The fraction of sp³-hybridized carbons (Fsp3) is 0.462. The second kappa shape index (κ2) is 10.1. The molecule has 2 fully saturated rings. The van der Waals surface area contributed by atoms with Gasteiger partial charge >= 0.3 is 0 Å². The summed E-state index contributed by atoms with van der Waals surface area (Å²) in [6, 6.07) is 3.80. The molecule has 10 nitrogen and oxygen atoms in total. The van der Waals surface area contributed by atoms with Gasteiger partial charge in [0.1, 0.15) is 12.4 Å². The first-order valence-electron chi connectivity index (χ1n) is 12.5. The average Bonchev–Trinajstić information content (AvgIpc) is 3.51. The van der Waals surface area contributed by atoms with Gasteiger partial charge in [-0.2, -0.15) is 5.10 Å². The molecule has 2 aromatic heterocycles. The number of nitrogens with two attached hydrogens (primary N) is 1. The fourth-order valence-corrected chi connectivity index (χ4v) is 4.86. The summed E-state index contributed by atoms with van der Waals surface area (Å²) in [4.78, 5) is 28.6. The summed E-state index contributed by atoms with van der Waals surface area (Å²) in [7, 11) is 0. The topological polar surface area (TPSA) is 133 Å². The maximum absolute atomic E-state index is 12.4. The van der Waals surface area contributed by atoms with E-state index in [1.54, 1.807) is 18.3 Å². The maximum atomic E-state index is 12.4. The highest BCUT2D eigenvalue weighted by molar-refractivity contribution is 6.06. The van der Waals surface area contributed by atoms with E-state index < -0.39 is 5.91 Å². The molecule has 2 aliphatic heterocycles. The maximum Gasteiger partial charge on any atom is 0.252 e. The minimum atomic E-state index is -0.572. The smallest absolute Gasteiger partial charge is 0.252 e. The van der Waals surface area contributed by atoms with Crippen LogP contribution in [0, 0.1) is 0 Å². The van der Waals surface area contributed by atoms with Crippen molar-refractivity contribution < 1.29 is 19.1 Å². The number of amides is 2. The lowest BCUT2D eigenvalue weighted by Crippen LogP contribution is -2.31. The van der Waals surface area contributed by atoms with Crippen LogP contribution in [0.25, 0.3) is 21.9 Å². The molecule has 0 saturated carbocycles. The van der Waals surface area contributed by atoms with Gasteiger partial charge in [-0.25, -0.2) is 4.98 Å². The number of benzene rings is 1. The molecular weight excluding hydrogens is 460 g/mol. The Balaban J connectivity index is 1.57. The summed E-state index contributed by atoms with van der Waals surface area (Å²) >= 11 is 0. The fourth-order valence-electron chi connectivity index (χ4n) is 4.86. The number of nitrogens with one attached hydrogen (secondary N) is 2. The number of carbonyl (C=O) groups excluding carboxylic acids is 2. The molecule has 10 heteroatoms. The number of rotatable bonds is 8. The summed E-state index contributed by atoms with van der Waals surface area (Å²) in [5, 5.41) is 12.4. The van der Waals surface area contributed by atoms with Crippen LogP contribution >= 0.6 is 0 Å². The molecule has 1 unspecified atom stereocenters. The lowest BCUT2D eigenvalue weighted by Gasteiger charge is -2.22. The number of hydrogen-bond donors (Lipinski definition) is 3. The van der Waals surface area contributed by atoms with E-state index in [1.807, 2.05) is 30.9 Å². The van der Waals surface area contributed by atoms with Crippen molar-refractivity contribution >= 4 is 22.6 Å². The van der Waals surface area contributed by atoms with Crippen LogP contribution in [0.3, 0.4) is 0 Å². The third-order valence-corrected chi connectivity index (χ3v) is 6.68. The lowest BCUT2D eigenvalue weighted by molar-refractivity contribution is -0.119. The third-order valence-electron chi connectivity index (χ3n) is 6.68. The zero-order valence-electron chi connectivity index (χ0n) is 20.6. The Morgan fingerprint density at radius 3 is 2.69 bits per heavy atom. The molecule has 2 aliphatic rings. The van der Waals surface area contributed by atoms with Gasteiger partial charge < -0.3 is 25.8 Å². The van der Waals surface area contributed by atoms with Crippen molar-refractivity contribution in [3.8, 4) is 22.8 Å². The Kier molecular flexibility index (Phi) is 6.77. The summed E-state index contributed by atoms with van der Waals surface area (Å²) in [6.45, 7) is 6.02. The average molecular weight is 493 g/mol. The molecule has 1 aromatic carbocycles.